The number of fused-ring (bicyclic) bond motifs is 5. The van der Waals surface area contributed by atoms with E-state index in [1.165, 1.54) is 6.07 Å². The fourth-order valence-corrected chi connectivity index (χ4v) is 5.69. The molecule has 0 amide bonds. The molecule has 1 aromatic heterocycles. The molecular formula is C22H16O4S. The third-order valence-corrected chi connectivity index (χ3v) is 7.12. The summed E-state index contributed by atoms with van der Waals surface area (Å²) in [6.45, 7) is 0. The van der Waals surface area contributed by atoms with Crippen molar-refractivity contribution in [2.24, 2.45) is 0 Å². The zero-order chi connectivity index (χ0) is 18.6. The van der Waals surface area contributed by atoms with E-state index in [2.05, 4.69) is 0 Å². The summed E-state index contributed by atoms with van der Waals surface area (Å²) < 4.78 is 32.0. The van der Waals surface area contributed by atoms with E-state index in [4.69, 9.17) is 4.42 Å². The van der Waals surface area contributed by atoms with Gasteiger partial charge in [-0.25, -0.2) is 13.2 Å². The highest BCUT2D eigenvalue weighted by atomic mass is 32.2. The third kappa shape index (κ3) is 2.35. The quantitative estimate of drug-likeness (QED) is 0.387. The lowest BCUT2D eigenvalue weighted by molar-refractivity contribution is 0.569. The maximum atomic E-state index is 13.3. The molecular weight excluding hydrogens is 360 g/mol. The van der Waals surface area contributed by atoms with E-state index in [0.717, 1.165) is 34.7 Å². The van der Waals surface area contributed by atoms with Gasteiger partial charge in [0.05, 0.1) is 15.2 Å². The van der Waals surface area contributed by atoms with Crippen LogP contribution in [0.4, 0.5) is 0 Å². The first-order valence-electron chi connectivity index (χ1n) is 8.88. The molecule has 5 heteroatoms. The number of para-hydroxylation sites is 1. The minimum Gasteiger partial charge on any atom is -0.422 e. The van der Waals surface area contributed by atoms with Gasteiger partial charge in [0.15, 0.2) is 0 Å². The monoisotopic (exact) mass is 376 g/mol. The van der Waals surface area contributed by atoms with Gasteiger partial charge in [0.2, 0.25) is 9.84 Å². The van der Waals surface area contributed by atoms with Gasteiger partial charge in [-0.3, -0.25) is 0 Å². The Hall–Kier alpha value is -2.92. The van der Waals surface area contributed by atoms with Gasteiger partial charge in [-0.1, -0.05) is 36.4 Å². The summed E-state index contributed by atoms with van der Waals surface area (Å²) in [6.07, 6.45) is 2.33. The van der Waals surface area contributed by atoms with Crippen molar-refractivity contribution < 1.29 is 12.8 Å². The molecule has 27 heavy (non-hydrogen) atoms. The van der Waals surface area contributed by atoms with Crippen molar-refractivity contribution in [1.29, 1.82) is 0 Å². The topological polar surface area (TPSA) is 64.3 Å². The van der Waals surface area contributed by atoms with Gasteiger partial charge in [0.1, 0.15) is 5.58 Å². The van der Waals surface area contributed by atoms with Crippen molar-refractivity contribution in [3.05, 3.63) is 82.2 Å². The van der Waals surface area contributed by atoms with Gasteiger partial charge in [-0.15, -0.1) is 0 Å². The molecule has 0 spiro atoms. The number of benzene rings is 3. The minimum atomic E-state index is -3.71. The molecule has 0 bridgehead atoms. The lowest BCUT2D eigenvalue weighted by Gasteiger charge is -2.14. The van der Waals surface area contributed by atoms with Crippen LogP contribution in [-0.4, -0.2) is 8.42 Å². The van der Waals surface area contributed by atoms with Gasteiger partial charge in [0, 0.05) is 10.8 Å². The van der Waals surface area contributed by atoms with E-state index in [9.17, 15) is 13.2 Å². The second-order valence-corrected chi connectivity index (χ2v) is 8.73. The second kappa shape index (κ2) is 5.79. The molecule has 0 unspecified atom stereocenters. The van der Waals surface area contributed by atoms with Crippen molar-refractivity contribution in [3.8, 4) is 0 Å². The standard InChI is InChI=1S/C22H16O4S/c23-22-18-13-20(27(24,25)14-7-2-1-3-8-14)15-10-6-11-16(15)21(18)17-9-4-5-12-19(17)26-22/h1-5,7-9,12-13H,6,10-11H2. The largest absolute Gasteiger partial charge is 0.422 e. The maximum Gasteiger partial charge on any atom is 0.344 e. The Morgan fingerprint density at radius 1 is 0.815 bits per heavy atom. The average Bonchev–Trinajstić information content (AvgIpc) is 3.17. The van der Waals surface area contributed by atoms with Crippen LogP contribution in [0.2, 0.25) is 0 Å². The van der Waals surface area contributed by atoms with Crippen LogP contribution in [0.1, 0.15) is 17.5 Å². The minimum absolute atomic E-state index is 0.233. The number of aryl methyl sites for hydroxylation is 1. The number of sulfone groups is 1. The van der Waals surface area contributed by atoms with E-state index in [0.29, 0.717) is 17.4 Å². The van der Waals surface area contributed by atoms with Gasteiger partial charge in [-0.05, 0) is 54.7 Å². The molecule has 0 saturated carbocycles. The summed E-state index contributed by atoms with van der Waals surface area (Å²) in [4.78, 5) is 13.1. The van der Waals surface area contributed by atoms with E-state index in [1.54, 1.807) is 36.4 Å². The average molecular weight is 376 g/mol. The summed E-state index contributed by atoms with van der Waals surface area (Å²) >= 11 is 0. The molecule has 134 valence electrons. The Morgan fingerprint density at radius 3 is 2.33 bits per heavy atom. The van der Waals surface area contributed by atoms with Crippen molar-refractivity contribution in [3.63, 3.8) is 0 Å². The van der Waals surface area contributed by atoms with Crippen LogP contribution in [0.15, 0.2) is 79.7 Å². The van der Waals surface area contributed by atoms with Gasteiger partial charge >= 0.3 is 5.63 Å². The summed E-state index contributed by atoms with van der Waals surface area (Å²) in [5.74, 6) is 0. The number of hydrogen-bond acceptors (Lipinski definition) is 4. The zero-order valence-electron chi connectivity index (χ0n) is 14.4. The smallest absolute Gasteiger partial charge is 0.344 e. The Morgan fingerprint density at radius 2 is 1.52 bits per heavy atom. The molecule has 1 aliphatic rings. The van der Waals surface area contributed by atoms with E-state index in [-0.39, 0.29) is 9.79 Å². The van der Waals surface area contributed by atoms with E-state index in [1.807, 2.05) is 18.2 Å². The maximum absolute atomic E-state index is 13.3. The Bertz CT molecular complexity index is 1370. The highest BCUT2D eigenvalue weighted by molar-refractivity contribution is 7.91. The molecule has 0 N–H and O–H groups in total. The first kappa shape index (κ1) is 16.3. The SMILES string of the molecule is O=c1oc2ccccc2c2c3c(c(S(=O)(=O)c4ccccc4)cc12)CCC3. The van der Waals surface area contributed by atoms with Crippen LogP contribution in [0.5, 0.6) is 0 Å². The first-order chi connectivity index (χ1) is 13.1. The number of hydrogen-bond donors (Lipinski definition) is 0. The molecule has 0 atom stereocenters. The summed E-state index contributed by atoms with van der Waals surface area (Å²) in [5.41, 5.74) is 1.83. The van der Waals surface area contributed by atoms with Crippen molar-refractivity contribution in [2.45, 2.75) is 29.1 Å². The van der Waals surface area contributed by atoms with Crippen LogP contribution < -0.4 is 5.63 Å². The summed E-state index contributed by atoms with van der Waals surface area (Å²) in [5, 5.41) is 2.03. The summed E-state index contributed by atoms with van der Waals surface area (Å²) in [6, 6.07) is 17.3. The van der Waals surface area contributed by atoms with Crippen LogP contribution >= 0.6 is 0 Å². The molecule has 1 aliphatic carbocycles. The van der Waals surface area contributed by atoms with Crippen LogP contribution in [0, 0.1) is 0 Å². The molecule has 0 saturated heterocycles. The molecule has 4 aromatic rings. The highest BCUT2D eigenvalue weighted by Gasteiger charge is 2.29. The lowest BCUT2D eigenvalue weighted by atomic mass is 9.99. The van der Waals surface area contributed by atoms with Gasteiger partial charge < -0.3 is 4.42 Å². The van der Waals surface area contributed by atoms with Crippen LogP contribution in [0.3, 0.4) is 0 Å². The molecule has 0 fully saturated rings. The normalized spacial score (nSPS) is 13.9. The van der Waals surface area contributed by atoms with Gasteiger partial charge in [-0.2, -0.15) is 0 Å². The molecule has 0 radical (unpaired) electrons. The fourth-order valence-electron chi connectivity index (χ4n) is 4.10. The van der Waals surface area contributed by atoms with E-state index < -0.39 is 15.5 Å². The van der Waals surface area contributed by atoms with Crippen molar-refractivity contribution >= 4 is 31.6 Å². The Balaban J connectivity index is 1.94. The lowest BCUT2D eigenvalue weighted by Crippen LogP contribution is -2.09. The van der Waals surface area contributed by atoms with Crippen molar-refractivity contribution in [1.82, 2.24) is 0 Å². The molecule has 4 nitrogen and oxygen atoms in total. The fraction of sp³-hybridized carbons (Fsp3) is 0.136. The highest BCUT2D eigenvalue weighted by Crippen LogP contribution is 2.39. The van der Waals surface area contributed by atoms with Crippen LogP contribution in [-0.2, 0) is 22.7 Å². The second-order valence-electron chi connectivity index (χ2n) is 6.81. The first-order valence-corrected chi connectivity index (χ1v) is 10.4. The molecule has 1 heterocycles. The molecule has 5 rings (SSSR count). The Kier molecular flexibility index (Phi) is 3.49. The zero-order valence-corrected chi connectivity index (χ0v) is 15.3. The predicted octanol–water partition coefficient (Wildman–Crippen LogP) is 4.27. The van der Waals surface area contributed by atoms with Gasteiger partial charge in [0.25, 0.3) is 0 Å². The Labute approximate surface area is 156 Å². The number of rotatable bonds is 2. The summed E-state index contributed by atoms with van der Waals surface area (Å²) in [7, 11) is -3.71. The predicted molar refractivity (Wildman–Crippen MR) is 104 cm³/mol. The van der Waals surface area contributed by atoms with Crippen molar-refractivity contribution in [2.75, 3.05) is 0 Å². The van der Waals surface area contributed by atoms with E-state index >= 15 is 0 Å². The molecule has 0 aliphatic heterocycles. The molecule has 3 aromatic carbocycles. The third-order valence-electron chi connectivity index (χ3n) is 5.28. The van der Waals surface area contributed by atoms with Crippen LogP contribution in [0.25, 0.3) is 21.7 Å².